The van der Waals surface area contributed by atoms with Crippen molar-refractivity contribution in [2.24, 2.45) is 14.1 Å². The molecule has 7 nitrogen and oxygen atoms in total. The van der Waals surface area contributed by atoms with Crippen molar-refractivity contribution in [2.45, 2.75) is 12.8 Å². The van der Waals surface area contributed by atoms with Crippen molar-refractivity contribution in [2.75, 3.05) is 0 Å². The van der Waals surface area contributed by atoms with Gasteiger partial charge in [0, 0.05) is 26.2 Å². The van der Waals surface area contributed by atoms with Crippen LogP contribution in [-0.2, 0) is 20.3 Å². The largest absolute Gasteiger partial charge is 0.431 e. The third kappa shape index (κ3) is 3.10. The summed E-state index contributed by atoms with van der Waals surface area (Å²) >= 11 is 0. The molecule has 2 aromatic rings. The number of rotatable bonds is 3. The van der Waals surface area contributed by atoms with E-state index >= 15 is 0 Å². The van der Waals surface area contributed by atoms with Crippen LogP contribution in [0.4, 0.5) is 22.0 Å². The smallest absolute Gasteiger partial charge is 0.417 e. The van der Waals surface area contributed by atoms with Crippen molar-refractivity contribution in [3.8, 4) is 11.7 Å². The van der Waals surface area contributed by atoms with Gasteiger partial charge in [0.25, 0.3) is 5.56 Å². The highest BCUT2D eigenvalue weighted by Crippen LogP contribution is 2.27. The van der Waals surface area contributed by atoms with Crippen molar-refractivity contribution in [1.82, 2.24) is 18.9 Å². The first-order chi connectivity index (χ1) is 10.5. The van der Waals surface area contributed by atoms with E-state index in [0.29, 0.717) is 4.57 Å². The number of aromatic nitrogens is 4. The van der Waals surface area contributed by atoms with E-state index in [0.717, 1.165) is 17.8 Å². The predicted molar refractivity (Wildman–Crippen MR) is 65.7 cm³/mol. The van der Waals surface area contributed by atoms with E-state index in [4.69, 9.17) is 0 Å². The molecule has 126 valence electrons. The zero-order valence-electron chi connectivity index (χ0n) is 11.6. The van der Waals surface area contributed by atoms with Crippen molar-refractivity contribution in [1.29, 1.82) is 0 Å². The molecule has 12 heteroatoms. The molecule has 0 amide bonds. The van der Waals surface area contributed by atoms with E-state index < -0.39 is 41.4 Å². The summed E-state index contributed by atoms with van der Waals surface area (Å²) in [6.45, 7) is -3.18. The summed E-state index contributed by atoms with van der Waals surface area (Å²) < 4.78 is 68.0. The van der Waals surface area contributed by atoms with Crippen LogP contribution in [0.5, 0.6) is 5.88 Å². The van der Waals surface area contributed by atoms with Gasteiger partial charge in [0.2, 0.25) is 5.88 Å². The molecule has 0 aliphatic rings. The summed E-state index contributed by atoms with van der Waals surface area (Å²) in [7, 11) is 2.02. The van der Waals surface area contributed by atoms with Gasteiger partial charge < -0.3 is 4.74 Å². The Hall–Kier alpha value is -2.66. The molecule has 23 heavy (non-hydrogen) atoms. The molecule has 0 N–H and O–H groups in total. The topological polar surface area (TPSA) is 71.0 Å². The lowest BCUT2D eigenvalue weighted by molar-refractivity contribution is -0.144. The SMILES string of the molecule is Cn1nc(-n2c(=O)cc(C(F)(F)F)n(C)c2=O)cc1OC(F)F. The summed E-state index contributed by atoms with van der Waals surface area (Å²) in [4.78, 5) is 23.8. The Kier molecular flexibility index (Phi) is 4.01. The molecule has 0 saturated heterocycles. The highest BCUT2D eigenvalue weighted by Gasteiger charge is 2.35. The summed E-state index contributed by atoms with van der Waals surface area (Å²) in [5, 5.41) is 3.62. The van der Waals surface area contributed by atoms with Gasteiger partial charge >= 0.3 is 18.5 Å². The van der Waals surface area contributed by atoms with Gasteiger partial charge in [-0.2, -0.15) is 27.1 Å². The van der Waals surface area contributed by atoms with Crippen LogP contribution in [0.15, 0.2) is 21.7 Å². The van der Waals surface area contributed by atoms with Crippen molar-refractivity contribution in [3.63, 3.8) is 0 Å². The molecule has 0 aromatic carbocycles. The monoisotopic (exact) mass is 340 g/mol. The Morgan fingerprint density at radius 3 is 2.30 bits per heavy atom. The summed E-state index contributed by atoms with van der Waals surface area (Å²) in [5.41, 5.74) is -4.07. The number of hydrogen-bond acceptors (Lipinski definition) is 4. The van der Waals surface area contributed by atoms with Crippen LogP contribution in [0.2, 0.25) is 0 Å². The van der Waals surface area contributed by atoms with Gasteiger partial charge in [0.15, 0.2) is 5.82 Å². The fourth-order valence-electron chi connectivity index (χ4n) is 1.86. The average molecular weight is 340 g/mol. The van der Waals surface area contributed by atoms with Gasteiger partial charge in [-0.3, -0.25) is 9.36 Å². The van der Waals surface area contributed by atoms with Crippen LogP contribution in [0.25, 0.3) is 5.82 Å². The van der Waals surface area contributed by atoms with Crippen molar-refractivity contribution >= 4 is 0 Å². The van der Waals surface area contributed by atoms with Crippen LogP contribution < -0.4 is 16.0 Å². The minimum Gasteiger partial charge on any atom is -0.417 e. The second-order valence-corrected chi connectivity index (χ2v) is 4.39. The van der Waals surface area contributed by atoms with Gasteiger partial charge in [-0.05, 0) is 0 Å². The summed E-state index contributed by atoms with van der Waals surface area (Å²) in [5.74, 6) is -0.911. The first-order valence-electron chi connectivity index (χ1n) is 5.92. The maximum absolute atomic E-state index is 12.7. The standard InChI is InChI=1S/C11H9F5N4O3/c1-18-5(11(14,15)16)3-7(21)20(10(18)22)6-4-8(19(2)17-6)23-9(12)13/h3-4,9H,1-2H3. The minimum absolute atomic E-state index is 0.212. The lowest BCUT2D eigenvalue weighted by atomic mass is 10.3. The molecule has 0 bridgehead atoms. The van der Waals surface area contributed by atoms with Crippen LogP contribution in [0, 0.1) is 0 Å². The van der Waals surface area contributed by atoms with Gasteiger partial charge in [0.05, 0.1) is 0 Å². The molecule has 0 unspecified atom stereocenters. The molecular formula is C11H9F5N4O3. The van der Waals surface area contributed by atoms with Crippen LogP contribution in [0.1, 0.15) is 5.69 Å². The molecule has 0 atom stereocenters. The third-order valence-electron chi connectivity index (χ3n) is 2.87. The average Bonchev–Trinajstić information content (AvgIpc) is 2.73. The Labute approximate surface area is 124 Å². The minimum atomic E-state index is -4.90. The molecule has 0 aliphatic heterocycles. The molecule has 2 heterocycles. The molecule has 0 saturated carbocycles. The fourth-order valence-corrected chi connectivity index (χ4v) is 1.86. The summed E-state index contributed by atoms with van der Waals surface area (Å²) in [6.07, 6.45) is -4.90. The first kappa shape index (κ1) is 16.7. The first-order valence-corrected chi connectivity index (χ1v) is 5.92. The Bertz CT molecular complexity index is 849. The number of nitrogens with zero attached hydrogens (tertiary/aromatic N) is 4. The maximum atomic E-state index is 12.7. The normalized spacial score (nSPS) is 12.0. The molecule has 0 radical (unpaired) electrons. The van der Waals surface area contributed by atoms with Crippen molar-refractivity contribution in [3.05, 3.63) is 38.7 Å². The highest BCUT2D eigenvalue weighted by atomic mass is 19.4. The number of aryl methyl sites for hydroxylation is 1. The number of alkyl halides is 5. The van der Waals surface area contributed by atoms with E-state index in [1.54, 1.807) is 0 Å². The van der Waals surface area contributed by atoms with Gasteiger partial charge in [-0.25, -0.2) is 14.0 Å². The van der Waals surface area contributed by atoms with E-state index in [1.807, 2.05) is 0 Å². The van der Waals surface area contributed by atoms with Gasteiger partial charge in [-0.1, -0.05) is 0 Å². The molecule has 2 rings (SSSR count). The molecule has 0 aliphatic carbocycles. The van der Waals surface area contributed by atoms with E-state index in [9.17, 15) is 31.5 Å². The zero-order chi connectivity index (χ0) is 17.5. The molecule has 0 fully saturated rings. The maximum Gasteiger partial charge on any atom is 0.431 e. The number of ether oxygens (including phenoxy) is 1. The Balaban J connectivity index is 2.65. The van der Waals surface area contributed by atoms with E-state index in [2.05, 4.69) is 9.84 Å². The zero-order valence-corrected chi connectivity index (χ0v) is 11.6. The van der Waals surface area contributed by atoms with Gasteiger partial charge in [0.1, 0.15) is 5.69 Å². The lowest BCUT2D eigenvalue weighted by Crippen LogP contribution is -2.40. The highest BCUT2D eigenvalue weighted by molar-refractivity contribution is 5.29. The van der Waals surface area contributed by atoms with E-state index in [-0.39, 0.29) is 10.6 Å². The fraction of sp³-hybridized carbons (Fsp3) is 0.364. The lowest BCUT2D eigenvalue weighted by Gasteiger charge is -2.12. The van der Waals surface area contributed by atoms with Crippen LogP contribution in [0.3, 0.4) is 0 Å². The summed E-state index contributed by atoms with van der Waals surface area (Å²) in [6, 6.07) is 1.05. The molecule has 2 aromatic heterocycles. The number of hydrogen-bond donors (Lipinski definition) is 0. The predicted octanol–water partition coefficient (Wildman–Crippen LogP) is 0.890. The van der Waals surface area contributed by atoms with Crippen molar-refractivity contribution < 1.29 is 26.7 Å². The second kappa shape index (κ2) is 5.52. The third-order valence-corrected chi connectivity index (χ3v) is 2.87. The van der Waals surface area contributed by atoms with E-state index in [1.165, 1.54) is 7.05 Å². The molecule has 0 spiro atoms. The van der Waals surface area contributed by atoms with Crippen LogP contribution in [-0.4, -0.2) is 25.5 Å². The van der Waals surface area contributed by atoms with Crippen LogP contribution >= 0.6 is 0 Å². The number of halogens is 5. The van der Waals surface area contributed by atoms with Gasteiger partial charge in [-0.15, -0.1) is 0 Å². The second-order valence-electron chi connectivity index (χ2n) is 4.39. The Morgan fingerprint density at radius 2 is 1.78 bits per heavy atom. The molecular weight excluding hydrogens is 331 g/mol. The quantitative estimate of drug-likeness (QED) is 0.778. The Morgan fingerprint density at radius 1 is 1.17 bits per heavy atom.